The zero-order valence-corrected chi connectivity index (χ0v) is 17.0. The van der Waals surface area contributed by atoms with Crippen LogP contribution in [-0.4, -0.2) is 46.6 Å². The fourth-order valence-corrected chi connectivity index (χ4v) is 7.61. The number of benzene rings is 1. The Kier molecular flexibility index (Phi) is 3.43. The van der Waals surface area contributed by atoms with Crippen molar-refractivity contribution in [3.05, 3.63) is 42.0 Å². The van der Waals surface area contributed by atoms with E-state index in [1.54, 1.807) is 13.0 Å². The number of ketones is 1. The Labute approximate surface area is 170 Å². The highest BCUT2D eigenvalue weighted by Gasteiger charge is 2.74. The second-order valence-corrected chi connectivity index (χ2v) is 9.51. The highest BCUT2D eigenvalue weighted by atomic mass is 16.5. The van der Waals surface area contributed by atoms with Gasteiger partial charge in [0.05, 0.1) is 22.9 Å². The first-order valence-electron chi connectivity index (χ1n) is 10.8. The molecule has 5 heteroatoms. The number of esters is 1. The van der Waals surface area contributed by atoms with Gasteiger partial charge in [-0.1, -0.05) is 24.3 Å². The minimum Gasteiger partial charge on any atom is -0.461 e. The summed E-state index contributed by atoms with van der Waals surface area (Å²) in [6.07, 6.45) is 5.68. The molecule has 1 spiro atoms. The predicted octanol–water partition coefficient (Wildman–Crippen LogP) is 3.20. The Balaban J connectivity index is 1.53. The Morgan fingerprint density at radius 1 is 1.28 bits per heavy atom. The van der Waals surface area contributed by atoms with Gasteiger partial charge in [-0.25, -0.2) is 0 Å². The summed E-state index contributed by atoms with van der Waals surface area (Å²) in [5.41, 5.74) is 3.23. The molecule has 0 radical (unpaired) electrons. The van der Waals surface area contributed by atoms with Gasteiger partial charge in [0.25, 0.3) is 0 Å². The summed E-state index contributed by atoms with van der Waals surface area (Å²) >= 11 is 0. The SMILES string of the molecule is CC(=O)/C=C/[C@@H]1[C@@H]2C[C@H]3C4=Nc5ccccc5[C@]45C[C@@H]([C@H]2[C@H]5OC(C)=O)N3[C@H]1C. The van der Waals surface area contributed by atoms with Gasteiger partial charge < -0.3 is 4.74 Å². The molecule has 5 nitrogen and oxygen atoms in total. The van der Waals surface area contributed by atoms with E-state index in [1.165, 1.54) is 18.2 Å². The molecule has 7 rings (SSSR count). The van der Waals surface area contributed by atoms with E-state index in [4.69, 9.17) is 9.73 Å². The highest BCUT2D eigenvalue weighted by molar-refractivity contribution is 6.08. The Morgan fingerprint density at radius 2 is 2.07 bits per heavy atom. The van der Waals surface area contributed by atoms with E-state index in [0.717, 1.165) is 18.5 Å². The largest absolute Gasteiger partial charge is 0.461 e. The monoisotopic (exact) mass is 390 g/mol. The summed E-state index contributed by atoms with van der Waals surface area (Å²) in [6, 6.07) is 9.47. The average molecular weight is 390 g/mol. The minimum atomic E-state index is -0.271. The maximum Gasteiger partial charge on any atom is 0.302 e. The molecule has 5 aliphatic heterocycles. The summed E-state index contributed by atoms with van der Waals surface area (Å²) in [7, 11) is 0. The first-order chi connectivity index (χ1) is 13.9. The number of para-hydroxylation sites is 1. The number of allylic oxidation sites excluding steroid dienone is 1. The molecule has 6 aliphatic rings. The number of carbonyl (C=O) groups excluding carboxylic acids is 2. The van der Waals surface area contributed by atoms with Gasteiger partial charge in [-0.2, -0.15) is 0 Å². The molecule has 1 saturated carbocycles. The van der Waals surface area contributed by atoms with Crippen molar-refractivity contribution in [1.29, 1.82) is 0 Å². The summed E-state index contributed by atoms with van der Waals surface area (Å²) in [4.78, 5) is 31.6. The van der Waals surface area contributed by atoms with Gasteiger partial charge in [0.2, 0.25) is 0 Å². The summed E-state index contributed by atoms with van der Waals surface area (Å²) in [6.45, 7) is 5.42. The summed E-state index contributed by atoms with van der Waals surface area (Å²) < 4.78 is 6.14. The number of aliphatic imine (C=N–C) groups is 1. The third-order valence-electron chi connectivity index (χ3n) is 8.31. The number of hydrogen-bond donors (Lipinski definition) is 0. The second-order valence-electron chi connectivity index (χ2n) is 9.51. The van der Waals surface area contributed by atoms with Crippen LogP contribution in [0.4, 0.5) is 5.69 Å². The van der Waals surface area contributed by atoms with Gasteiger partial charge >= 0.3 is 5.97 Å². The molecule has 1 aromatic carbocycles. The lowest BCUT2D eigenvalue weighted by atomic mass is 9.62. The average Bonchev–Trinajstić information content (AvgIpc) is 3.14. The maximum absolute atomic E-state index is 12.2. The molecule has 29 heavy (non-hydrogen) atoms. The van der Waals surface area contributed by atoms with Gasteiger partial charge in [-0.05, 0) is 56.2 Å². The van der Waals surface area contributed by atoms with Crippen LogP contribution in [0.15, 0.2) is 41.4 Å². The highest BCUT2D eigenvalue weighted by Crippen LogP contribution is 2.67. The van der Waals surface area contributed by atoms with Crippen molar-refractivity contribution in [1.82, 2.24) is 4.90 Å². The summed E-state index contributed by atoms with van der Waals surface area (Å²) in [5, 5.41) is 0. The van der Waals surface area contributed by atoms with Crippen molar-refractivity contribution in [2.24, 2.45) is 22.7 Å². The Morgan fingerprint density at radius 3 is 2.83 bits per heavy atom. The lowest BCUT2D eigenvalue weighted by Gasteiger charge is -2.60. The standard InChI is InChI=1S/C24H26N2O3/c1-12(27)8-9-15-13(2)26-19-10-16(15)21-20(26)11-24(23(21)29-14(3)28)17-6-4-5-7-18(17)25-22(19)24/h4-9,13,15-16,19-21,23H,10-11H2,1-3H3/b9-8+/t13-,15-,16-,19-,20-,21-,23+,24+/m0/s1. The third kappa shape index (κ3) is 2.02. The van der Waals surface area contributed by atoms with Gasteiger partial charge in [0.1, 0.15) is 6.10 Å². The molecule has 1 aromatic rings. The minimum absolute atomic E-state index is 0.0891. The van der Waals surface area contributed by atoms with Crippen molar-refractivity contribution < 1.29 is 14.3 Å². The number of piperidine rings is 4. The van der Waals surface area contributed by atoms with Crippen LogP contribution < -0.4 is 0 Å². The van der Waals surface area contributed by atoms with E-state index in [-0.39, 0.29) is 29.2 Å². The van der Waals surface area contributed by atoms with E-state index >= 15 is 0 Å². The van der Waals surface area contributed by atoms with Crippen molar-refractivity contribution in [3.63, 3.8) is 0 Å². The number of ether oxygens (including phenoxy) is 1. The van der Waals surface area contributed by atoms with Gasteiger partial charge in [-0.3, -0.25) is 19.5 Å². The molecule has 0 amide bonds. The van der Waals surface area contributed by atoms with E-state index in [9.17, 15) is 9.59 Å². The molecule has 4 saturated heterocycles. The molecule has 5 bridgehead atoms. The number of nitrogens with zero attached hydrogens (tertiary/aromatic N) is 2. The van der Waals surface area contributed by atoms with Crippen molar-refractivity contribution in [2.45, 2.75) is 63.3 Å². The van der Waals surface area contributed by atoms with Crippen LogP contribution in [0.3, 0.4) is 0 Å². The van der Waals surface area contributed by atoms with E-state index in [2.05, 4.69) is 36.1 Å². The second kappa shape index (κ2) is 5.66. The lowest BCUT2D eigenvalue weighted by molar-refractivity contribution is -0.156. The van der Waals surface area contributed by atoms with Crippen molar-refractivity contribution in [3.8, 4) is 0 Å². The third-order valence-corrected chi connectivity index (χ3v) is 8.31. The van der Waals surface area contributed by atoms with E-state index in [1.807, 2.05) is 6.07 Å². The maximum atomic E-state index is 12.2. The normalized spacial score (nSPS) is 45.3. The molecule has 9 atom stereocenters. The fourth-order valence-electron chi connectivity index (χ4n) is 7.61. The van der Waals surface area contributed by atoms with E-state index < -0.39 is 0 Å². The lowest BCUT2D eigenvalue weighted by Crippen LogP contribution is -2.69. The quantitative estimate of drug-likeness (QED) is 0.587. The molecule has 0 N–H and O–H groups in total. The first-order valence-corrected chi connectivity index (χ1v) is 10.8. The molecular weight excluding hydrogens is 364 g/mol. The Bertz CT molecular complexity index is 998. The molecule has 1 aliphatic carbocycles. The van der Waals surface area contributed by atoms with Gasteiger partial charge in [-0.15, -0.1) is 0 Å². The zero-order valence-electron chi connectivity index (χ0n) is 17.0. The van der Waals surface area contributed by atoms with Crippen LogP contribution in [0.1, 0.15) is 39.2 Å². The molecule has 5 fully saturated rings. The van der Waals surface area contributed by atoms with Gasteiger partial charge in [0.15, 0.2) is 5.78 Å². The van der Waals surface area contributed by atoms with Crippen LogP contribution in [0, 0.1) is 17.8 Å². The van der Waals surface area contributed by atoms with Crippen LogP contribution in [0.2, 0.25) is 0 Å². The Hall–Kier alpha value is -2.27. The fraction of sp³-hybridized carbons (Fsp3) is 0.542. The number of fused-ring (bicyclic) bond motifs is 2. The zero-order chi connectivity index (χ0) is 20.1. The molecule has 5 heterocycles. The van der Waals surface area contributed by atoms with Gasteiger partial charge in [0, 0.05) is 24.9 Å². The molecule has 150 valence electrons. The van der Waals surface area contributed by atoms with Crippen LogP contribution in [-0.2, 0) is 19.7 Å². The van der Waals surface area contributed by atoms with Crippen LogP contribution in [0.5, 0.6) is 0 Å². The summed E-state index contributed by atoms with van der Waals surface area (Å²) in [5.74, 6) is 0.876. The van der Waals surface area contributed by atoms with Crippen LogP contribution >= 0.6 is 0 Å². The smallest absolute Gasteiger partial charge is 0.302 e. The van der Waals surface area contributed by atoms with Crippen molar-refractivity contribution in [2.75, 3.05) is 0 Å². The van der Waals surface area contributed by atoms with E-state index in [0.29, 0.717) is 30.0 Å². The number of carbonyl (C=O) groups is 2. The number of rotatable bonds is 3. The van der Waals surface area contributed by atoms with Crippen molar-refractivity contribution >= 4 is 23.2 Å². The first kappa shape index (κ1) is 17.6. The van der Waals surface area contributed by atoms with Crippen LogP contribution in [0.25, 0.3) is 0 Å². The molecule has 1 unspecified atom stereocenters. The topological polar surface area (TPSA) is 59.0 Å². The molecular formula is C24H26N2O3. The predicted molar refractivity (Wildman–Crippen MR) is 109 cm³/mol. The number of hydrogen-bond acceptors (Lipinski definition) is 5. The molecule has 0 aromatic heterocycles.